The Kier molecular flexibility index (Phi) is 10.7. The van der Waals surface area contributed by atoms with Crippen LogP contribution in [0.15, 0.2) is 12.2 Å². The fraction of sp³-hybridized carbons (Fsp3) is 0.696. The zero-order valence-corrected chi connectivity index (χ0v) is 20.2. The smallest absolute Gasteiger partial charge is 0.326 e. The zero-order valence-electron chi connectivity index (χ0n) is 20.2. The molecule has 0 bridgehead atoms. The summed E-state index contributed by atoms with van der Waals surface area (Å²) in [7, 11) is 0. The molecule has 0 saturated heterocycles. The van der Waals surface area contributed by atoms with E-state index >= 15 is 0 Å². The number of rotatable bonds is 15. The number of hydrogen-bond donors (Lipinski definition) is 3. The van der Waals surface area contributed by atoms with Gasteiger partial charge in [0.2, 0.25) is 11.8 Å². The molecule has 0 saturated carbocycles. The Morgan fingerprint density at radius 1 is 1.06 bits per heavy atom. The average molecular weight is 468 g/mol. The van der Waals surface area contributed by atoms with E-state index in [9.17, 15) is 29.1 Å². The van der Waals surface area contributed by atoms with Gasteiger partial charge >= 0.3 is 5.97 Å². The van der Waals surface area contributed by atoms with Crippen LogP contribution in [0, 0.1) is 0 Å². The van der Waals surface area contributed by atoms with Crippen molar-refractivity contribution in [2.45, 2.75) is 90.3 Å². The Morgan fingerprint density at radius 2 is 1.67 bits per heavy atom. The van der Waals surface area contributed by atoms with Crippen LogP contribution in [0.4, 0.5) is 0 Å². The van der Waals surface area contributed by atoms with Crippen LogP contribution in [0.3, 0.4) is 0 Å². The highest BCUT2D eigenvalue weighted by Gasteiger charge is 2.26. The Bertz CT molecular complexity index is 756. The number of carboxylic acids is 1. The summed E-state index contributed by atoms with van der Waals surface area (Å²) < 4.78 is 5.83. The van der Waals surface area contributed by atoms with Crippen LogP contribution >= 0.6 is 0 Å². The number of carbonyl (C=O) groups is 5. The average Bonchev–Trinajstić information content (AvgIpc) is 3.02. The number of hydrogen-bond acceptors (Lipinski definition) is 6. The van der Waals surface area contributed by atoms with Gasteiger partial charge in [-0.3, -0.25) is 24.1 Å². The molecule has 0 spiro atoms. The fourth-order valence-corrected chi connectivity index (χ4v) is 3.04. The van der Waals surface area contributed by atoms with Crippen LogP contribution in [0.5, 0.6) is 0 Å². The third kappa shape index (κ3) is 10.6. The van der Waals surface area contributed by atoms with Crippen molar-refractivity contribution < 1.29 is 33.8 Å². The molecule has 0 aliphatic carbocycles. The van der Waals surface area contributed by atoms with Crippen molar-refractivity contribution in [1.82, 2.24) is 15.5 Å². The van der Waals surface area contributed by atoms with Gasteiger partial charge in [-0.05, 0) is 53.4 Å². The Morgan fingerprint density at radius 3 is 2.21 bits per heavy atom. The second kappa shape index (κ2) is 12.5. The van der Waals surface area contributed by atoms with E-state index in [2.05, 4.69) is 10.6 Å². The quantitative estimate of drug-likeness (QED) is 0.310. The van der Waals surface area contributed by atoms with Crippen molar-refractivity contribution in [1.29, 1.82) is 0 Å². The van der Waals surface area contributed by atoms with Gasteiger partial charge in [0.15, 0.2) is 0 Å². The molecule has 1 aliphatic rings. The SMILES string of the molecule is CCC(C)(C)OCCC(C)(C)NC(=O)CC[C@H](NC(=O)CCCN1C(=O)C=CC1=O)C(=O)O. The van der Waals surface area contributed by atoms with Gasteiger partial charge in [0.05, 0.1) is 5.60 Å². The number of amides is 4. The van der Waals surface area contributed by atoms with E-state index in [4.69, 9.17) is 4.74 Å². The lowest BCUT2D eigenvalue weighted by atomic mass is 10.00. The van der Waals surface area contributed by atoms with Gasteiger partial charge in [-0.2, -0.15) is 0 Å². The Labute approximate surface area is 195 Å². The number of ether oxygens (including phenoxy) is 1. The summed E-state index contributed by atoms with van der Waals surface area (Å²) in [6, 6.07) is -1.21. The number of carboxylic acid groups (broad SMARTS) is 1. The second-order valence-corrected chi connectivity index (χ2v) is 9.41. The zero-order chi connectivity index (χ0) is 25.2. The molecule has 186 valence electrons. The molecular formula is C23H37N3O7. The predicted octanol–water partition coefficient (Wildman–Crippen LogP) is 1.53. The van der Waals surface area contributed by atoms with E-state index in [1.165, 1.54) is 0 Å². The summed E-state index contributed by atoms with van der Waals surface area (Å²) >= 11 is 0. The van der Waals surface area contributed by atoms with Crippen LogP contribution in [-0.2, 0) is 28.7 Å². The number of nitrogens with zero attached hydrogens (tertiary/aromatic N) is 1. The summed E-state index contributed by atoms with van der Waals surface area (Å²) in [4.78, 5) is 59.9. The monoisotopic (exact) mass is 467 g/mol. The molecule has 0 aromatic carbocycles. The van der Waals surface area contributed by atoms with Gasteiger partial charge in [-0.1, -0.05) is 6.92 Å². The van der Waals surface area contributed by atoms with Crippen LogP contribution in [0.25, 0.3) is 0 Å². The van der Waals surface area contributed by atoms with E-state index in [-0.39, 0.29) is 43.7 Å². The molecule has 1 aliphatic heterocycles. The van der Waals surface area contributed by atoms with Gasteiger partial charge in [0, 0.05) is 43.7 Å². The second-order valence-electron chi connectivity index (χ2n) is 9.41. The Balaban J connectivity index is 2.40. The van der Waals surface area contributed by atoms with E-state index < -0.39 is 35.3 Å². The van der Waals surface area contributed by atoms with Crippen LogP contribution in [-0.4, -0.2) is 69.9 Å². The lowest BCUT2D eigenvalue weighted by molar-refractivity contribution is -0.142. The molecule has 0 aromatic heterocycles. The van der Waals surface area contributed by atoms with Gasteiger partial charge in [-0.15, -0.1) is 0 Å². The molecule has 33 heavy (non-hydrogen) atoms. The first-order valence-corrected chi connectivity index (χ1v) is 11.3. The number of aliphatic carboxylic acids is 1. The molecule has 0 fully saturated rings. The molecule has 0 aromatic rings. The van der Waals surface area contributed by atoms with E-state index in [0.29, 0.717) is 13.0 Å². The first-order valence-electron chi connectivity index (χ1n) is 11.3. The lowest BCUT2D eigenvalue weighted by Crippen LogP contribution is -2.46. The maximum Gasteiger partial charge on any atom is 0.326 e. The minimum Gasteiger partial charge on any atom is -0.480 e. The standard InChI is InChI=1S/C23H37N3O7/c1-6-23(4,5)33-15-13-22(2,3)25-18(28)10-9-16(21(31)32)24-17(27)8-7-14-26-19(29)11-12-20(26)30/h11-12,16H,6-10,13-15H2,1-5H3,(H,24,27)(H,25,28)(H,31,32)/t16-/m0/s1. The van der Waals surface area contributed by atoms with Crippen molar-refractivity contribution in [3.8, 4) is 0 Å². The third-order valence-electron chi connectivity index (χ3n) is 5.53. The minimum absolute atomic E-state index is 0.0474. The van der Waals surface area contributed by atoms with Gasteiger partial charge < -0.3 is 20.5 Å². The molecule has 3 N–H and O–H groups in total. The van der Waals surface area contributed by atoms with Crippen molar-refractivity contribution in [3.05, 3.63) is 12.2 Å². The highest BCUT2D eigenvalue weighted by molar-refractivity contribution is 6.12. The Hall–Kier alpha value is -2.75. The predicted molar refractivity (Wildman–Crippen MR) is 121 cm³/mol. The molecule has 1 rings (SSSR count). The largest absolute Gasteiger partial charge is 0.480 e. The first kappa shape index (κ1) is 28.3. The molecule has 0 radical (unpaired) electrons. The van der Waals surface area contributed by atoms with Crippen LogP contribution < -0.4 is 10.6 Å². The molecular weight excluding hydrogens is 430 g/mol. The molecule has 1 heterocycles. The van der Waals surface area contributed by atoms with Crippen molar-refractivity contribution >= 4 is 29.6 Å². The highest BCUT2D eigenvalue weighted by atomic mass is 16.5. The first-order chi connectivity index (χ1) is 15.3. The summed E-state index contributed by atoms with van der Waals surface area (Å²) in [5, 5.41) is 14.7. The maximum atomic E-state index is 12.3. The third-order valence-corrected chi connectivity index (χ3v) is 5.53. The van der Waals surface area contributed by atoms with Crippen LogP contribution in [0.1, 0.15) is 73.1 Å². The van der Waals surface area contributed by atoms with Crippen molar-refractivity contribution in [3.63, 3.8) is 0 Å². The molecule has 10 heteroatoms. The maximum absolute atomic E-state index is 12.3. The number of imide groups is 1. The number of nitrogens with one attached hydrogen (secondary N) is 2. The minimum atomic E-state index is -1.24. The fourth-order valence-electron chi connectivity index (χ4n) is 3.04. The summed E-state index contributed by atoms with van der Waals surface area (Å²) in [6.07, 6.45) is 3.83. The summed E-state index contributed by atoms with van der Waals surface area (Å²) in [5.41, 5.74) is -0.758. The van der Waals surface area contributed by atoms with Crippen molar-refractivity contribution in [2.24, 2.45) is 0 Å². The van der Waals surface area contributed by atoms with Gasteiger partial charge in [0.1, 0.15) is 6.04 Å². The van der Waals surface area contributed by atoms with E-state index in [1.54, 1.807) is 0 Å². The highest BCUT2D eigenvalue weighted by Crippen LogP contribution is 2.17. The van der Waals surface area contributed by atoms with E-state index in [0.717, 1.165) is 23.5 Å². The van der Waals surface area contributed by atoms with E-state index in [1.807, 2.05) is 34.6 Å². The molecule has 4 amide bonds. The summed E-state index contributed by atoms with van der Waals surface area (Å²) in [6.45, 7) is 10.3. The number of carbonyl (C=O) groups excluding carboxylic acids is 4. The molecule has 0 unspecified atom stereocenters. The lowest BCUT2D eigenvalue weighted by Gasteiger charge is -2.30. The molecule has 1 atom stereocenters. The van der Waals surface area contributed by atoms with Crippen LogP contribution in [0.2, 0.25) is 0 Å². The normalized spacial score (nSPS) is 15.0. The van der Waals surface area contributed by atoms with Gasteiger partial charge in [0.25, 0.3) is 11.8 Å². The van der Waals surface area contributed by atoms with Crippen molar-refractivity contribution in [2.75, 3.05) is 13.2 Å². The van der Waals surface area contributed by atoms with Gasteiger partial charge in [-0.25, -0.2) is 4.79 Å². The summed E-state index contributed by atoms with van der Waals surface area (Å²) in [5.74, 6) is -2.93. The topological polar surface area (TPSA) is 142 Å². The molecule has 10 nitrogen and oxygen atoms in total.